The van der Waals surface area contributed by atoms with Crippen LogP contribution in [0.15, 0.2) is 42.9 Å². The molecule has 10 heteroatoms. The maximum absolute atomic E-state index is 12.3. The molecule has 2 N–H and O–H groups in total. The number of anilines is 2. The van der Waals surface area contributed by atoms with Crippen LogP contribution in [0.4, 0.5) is 11.6 Å². The van der Waals surface area contributed by atoms with Gasteiger partial charge < -0.3 is 15.4 Å². The second kappa shape index (κ2) is 10.4. The average Bonchev–Trinajstić information content (AvgIpc) is 3.33. The van der Waals surface area contributed by atoms with Gasteiger partial charge in [0.25, 0.3) is 5.91 Å². The Morgan fingerprint density at radius 3 is 2.76 bits per heavy atom. The number of hydrogen-bond acceptors (Lipinski definition) is 7. The molecule has 33 heavy (non-hydrogen) atoms. The van der Waals surface area contributed by atoms with Crippen LogP contribution in [0.3, 0.4) is 0 Å². The highest BCUT2D eigenvalue weighted by atomic mass is 35.5. The molecule has 1 aliphatic heterocycles. The van der Waals surface area contributed by atoms with Crippen LogP contribution < -0.4 is 10.6 Å². The van der Waals surface area contributed by atoms with Crippen LogP contribution in [0, 0.1) is 11.3 Å². The third-order valence-corrected chi connectivity index (χ3v) is 5.73. The molecule has 1 saturated heterocycles. The molecule has 1 fully saturated rings. The Balaban J connectivity index is 1.48. The highest BCUT2D eigenvalue weighted by molar-refractivity contribution is 6.32. The topological polar surface area (TPSA) is 118 Å². The van der Waals surface area contributed by atoms with E-state index in [9.17, 15) is 4.79 Å². The quantitative estimate of drug-likeness (QED) is 0.538. The van der Waals surface area contributed by atoms with Gasteiger partial charge in [-0.15, -0.1) is 0 Å². The first kappa shape index (κ1) is 22.7. The monoisotopic (exact) mass is 465 g/mol. The van der Waals surface area contributed by atoms with Crippen molar-refractivity contribution in [3.05, 3.63) is 53.4 Å². The van der Waals surface area contributed by atoms with Crippen molar-refractivity contribution in [3.63, 3.8) is 0 Å². The van der Waals surface area contributed by atoms with Gasteiger partial charge in [-0.05, 0) is 31.4 Å². The Morgan fingerprint density at radius 2 is 2.06 bits per heavy atom. The van der Waals surface area contributed by atoms with Crippen molar-refractivity contribution in [2.24, 2.45) is 0 Å². The van der Waals surface area contributed by atoms with Gasteiger partial charge in [0.15, 0.2) is 0 Å². The Kier molecular flexibility index (Phi) is 7.17. The molecular formula is C23H24ClN7O2. The predicted octanol–water partition coefficient (Wildman–Crippen LogP) is 4.12. The summed E-state index contributed by atoms with van der Waals surface area (Å²) in [7, 11) is 0. The normalized spacial score (nSPS) is 14.9. The van der Waals surface area contributed by atoms with Gasteiger partial charge in [-0.25, -0.2) is 9.97 Å². The van der Waals surface area contributed by atoms with E-state index in [-0.39, 0.29) is 5.91 Å². The minimum atomic E-state index is -0.516. The molecule has 1 aliphatic rings. The summed E-state index contributed by atoms with van der Waals surface area (Å²) in [5.74, 6) is 0.0928. The maximum Gasteiger partial charge on any atom is 0.252 e. The van der Waals surface area contributed by atoms with Gasteiger partial charge in [0.05, 0.1) is 40.9 Å². The number of carbonyl (C=O) groups is 1. The van der Waals surface area contributed by atoms with Gasteiger partial charge in [0.2, 0.25) is 5.95 Å². The molecule has 1 amide bonds. The minimum Gasteiger partial charge on any atom is -0.381 e. The van der Waals surface area contributed by atoms with E-state index >= 15 is 0 Å². The first-order valence-electron chi connectivity index (χ1n) is 10.8. The van der Waals surface area contributed by atoms with Crippen LogP contribution in [-0.2, 0) is 4.74 Å². The van der Waals surface area contributed by atoms with Crippen LogP contribution in [-0.4, -0.2) is 44.9 Å². The summed E-state index contributed by atoms with van der Waals surface area (Å²) >= 11 is 6.35. The number of carbonyl (C=O) groups excluding carboxylic acids is 1. The first-order valence-corrected chi connectivity index (χ1v) is 11.2. The third-order valence-electron chi connectivity index (χ3n) is 5.46. The molecule has 2 aromatic heterocycles. The molecule has 9 nitrogen and oxygen atoms in total. The number of nitrogens with zero attached hydrogens (tertiary/aromatic N) is 5. The largest absolute Gasteiger partial charge is 0.381 e. The van der Waals surface area contributed by atoms with Gasteiger partial charge in [-0.3, -0.25) is 9.48 Å². The molecule has 0 unspecified atom stereocenters. The van der Waals surface area contributed by atoms with E-state index in [1.165, 1.54) is 6.20 Å². The third kappa shape index (κ3) is 5.48. The molecule has 4 rings (SSSR count). The Labute approximate surface area is 196 Å². The van der Waals surface area contributed by atoms with Crippen molar-refractivity contribution in [3.8, 4) is 17.3 Å². The van der Waals surface area contributed by atoms with Gasteiger partial charge in [0.1, 0.15) is 6.04 Å². The number of benzene rings is 1. The second-order valence-corrected chi connectivity index (χ2v) is 8.12. The summed E-state index contributed by atoms with van der Waals surface area (Å²) < 4.78 is 7.36. The number of amides is 1. The summed E-state index contributed by atoms with van der Waals surface area (Å²) in [6, 6.07) is 8.76. The molecule has 0 aliphatic carbocycles. The van der Waals surface area contributed by atoms with E-state index in [1.54, 1.807) is 30.5 Å². The Hall–Kier alpha value is -3.48. The maximum atomic E-state index is 12.3. The van der Waals surface area contributed by atoms with Crippen molar-refractivity contribution in [2.75, 3.05) is 18.5 Å². The lowest BCUT2D eigenvalue weighted by Gasteiger charge is -2.22. The second-order valence-electron chi connectivity index (χ2n) is 7.71. The van der Waals surface area contributed by atoms with Crippen LogP contribution in [0.25, 0.3) is 11.3 Å². The van der Waals surface area contributed by atoms with Gasteiger partial charge >= 0.3 is 0 Å². The Morgan fingerprint density at radius 1 is 1.30 bits per heavy atom. The number of nitriles is 1. The van der Waals surface area contributed by atoms with Crippen molar-refractivity contribution < 1.29 is 9.53 Å². The Bertz CT molecular complexity index is 1150. The average molecular weight is 466 g/mol. The number of nitrogens with one attached hydrogen (secondary N) is 2. The van der Waals surface area contributed by atoms with Crippen LogP contribution >= 0.6 is 11.6 Å². The SMILES string of the molecule is CC[C@@H](C#N)NC(=O)c1ccc(-c2nc(Nc3cnn(C4CCOCC4)c3)ncc2Cl)cc1. The van der Waals surface area contributed by atoms with Crippen LogP contribution in [0.1, 0.15) is 42.6 Å². The van der Waals surface area contributed by atoms with Gasteiger partial charge in [-0.2, -0.15) is 10.4 Å². The smallest absolute Gasteiger partial charge is 0.252 e. The molecule has 0 bridgehead atoms. The summed E-state index contributed by atoms with van der Waals surface area (Å²) in [6.07, 6.45) is 7.63. The van der Waals surface area contributed by atoms with E-state index in [4.69, 9.17) is 21.6 Å². The highest BCUT2D eigenvalue weighted by Gasteiger charge is 2.17. The molecular weight excluding hydrogens is 442 g/mol. The van der Waals surface area contributed by atoms with Crippen molar-refractivity contribution in [2.45, 2.75) is 38.3 Å². The number of hydrogen-bond donors (Lipinski definition) is 2. The summed E-state index contributed by atoms with van der Waals surface area (Å²) in [5.41, 5.74) is 2.52. The van der Waals surface area contributed by atoms with Crippen molar-refractivity contribution in [1.29, 1.82) is 5.26 Å². The standard InChI is InChI=1S/C23H24ClN7O2/c1-2-17(11-25)28-22(32)16-5-3-15(4-6-16)21-20(24)13-26-23(30-21)29-18-12-27-31(14-18)19-7-9-33-10-8-19/h3-6,12-14,17,19H,2,7-10H2,1H3,(H,28,32)(H,26,29,30)/t17-/m0/s1. The molecule has 0 saturated carbocycles. The van der Waals surface area contributed by atoms with Gasteiger partial charge in [-0.1, -0.05) is 30.7 Å². The zero-order chi connectivity index (χ0) is 23.2. The molecule has 3 heterocycles. The molecule has 0 radical (unpaired) electrons. The van der Waals surface area contributed by atoms with E-state index in [0.29, 0.717) is 34.7 Å². The van der Waals surface area contributed by atoms with E-state index in [1.807, 2.05) is 17.8 Å². The van der Waals surface area contributed by atoms with E-state index in [2.05, 4.69) is 31.8 Å². The molecule has 1 aromatic carbocycles. The van der Waals surface area contributed by atoms with E-state index in [0.717, 1.165) is 37.3 Å². The fourth-order valence-electron chi connectivity index (χ4n) is 3.56. The predicted molar refractivity (Wildman–Crippen MR) is 124 cm³/mol. The molecule has 170 valence electrons. The fraction of sp³-hybridized carbons (Fsp3) is 0.348. The fourth-order valence-corrected chi connectivity index (χ4v) is 3.76. The number of ether oxygens (including phenoxy) is 1. The molecule has 1 atom stereocenters. The first-order chi connectivity index (χ1) is 16.1. The zero-order valence-electron chi connectivity index (χ0n) is 18.2. The summed E-state index contributed by atoms with van der Waals surface area (Å²) in [4.78, 5) is 21.1. The van der Waals surface area contributed by atoms with Crippen molar-refractivity contribution >= 4 is 29.1 Å². The number of aromatic nitrogens is 4. The van der Waals surface area contributed by atoms with Crippen LogP contribution in [0.5, 0.6) is 0 Å². The summed E-state index contributed by atoms with van der Waals surface area (Å²) in [5, 5.41) is 19.7. The number of rotatable bonds is 7. The number of halogens is 1. The molecule has 0 spiro atoms. The lowest BCUT2D eigenvalue weighted by molar-refractivity contribution is 0.0662. The summed E-state index contributed by atoms with van der Waals surface area (Å²) in [6.45, 7) is 3.33. The highest BCUT2D eigenvalue weighted by Crippen LogP contribution is 2.28. The molecule has 3 aromatic rings. The van der Waals surface area contributed by atoms with Crippen LogP contribution in [0.2, 0.25) is 5.02 Å². The lowest BCUT2D eigenvalue weighted by atomic mass is 10.1. The lowest BCUT2D eigenvalue weighted by Crippen LogP contribution is -2.33. The van der Waals surface area contributed by atoms with Crippen molar-refractivity contribution in [1.82, 2.24) is 25.1 Å². The minimum absolute atomic E-state index is 0.298. The zero-order valence-corrected chi connectivity index (χ0v) is 18.9. The van der Waals surface area contributed by atoms with Gasteiger partial charge in [0, 0.05) is 30.5 Å². The van der Waals surface area contributed by atoms with E-state index < -0.39 is 6.04 Å².